The maximum Gasteiger partial charge on any atom is 0.322 e. The zero-order chi connectivity index (χ0) is 31.3. The fourth-order valence-electron chi connectivity index (χ4n) is 5.41. The summed E-state index contributed by atoms with van der Waals surface area (Å²) in [6.07, 6.45) is 6.56. The van der Waals surface area contributed by atoms with Crippen molar-refractivity contribution < 1.29 is 9.59 Å². The Kier molecular flexibility index (Phi) is 8.61. The number of pyridine rings is 2. The number of unbranched alkanes of at least 4 members (excludes halogenated alkanes) is 1. The number of amides is 3. The van der Waals surface area contributed by atoms with Gasteiger partial charge in [0.05, 0.1) is 22.8 Å². The van der Waals surface area contributed by atoms with Crippen molar-refractivity contribution in [2.24, 2.45) is 5.73 Å². The molecule has 0 aliphatic carbocycles. The van der Waals surface area contributed by atoms with Gasteiger partial charge < -0.3 is 21.3 Å². The van der Waals surface area contributed by atoms with Crippen molar-refractivity contribution in [2.75, 3.05) is 11.9 Å². The maximum absolute atomic E-state index is 13.8. The van der Waals surface area contributed by atoms with Crippen LogP contribution in [0.25, 0.3) is 33.3 Å². The smallest absolute Gasteiger partial charge is 0.322 e. The van der Waals surface area contributed by atoms with E-state index >= 15 is 0 Å². The molecule has 228 valence electrons. The molecular formula is C34H34N8O3. The molecule has 3 amide bonds. The maximum atomic E-state index is 13.8. The Morgan fingerprint density at radius 1 is 0.956 bits per heavy atom. The Hall–Kier alpha value is -5.42. The van der Waals surface area contributed by atoms with Crippen molar-refractivity contribution in [2.45, 2.75) is 45.4 Å². The number of hydrogen-bond donors (Lipinski definition) is 3. The molecule has 3 aromatic heterocycles. The second-order valence-corrected chi connectivity index (χ2v) is 11.1. The molecule has 11 heteroatoms. The summed E-state index contributed by atoms with van der Waals surface area (Å²) in [6, 6.07) is 20.0. The quantitative estimate of drug-likeness (QED) is 0.213. The highest BCUT2D eigenvalue weighted by atomic mass is 16.2. The molecule has 0 saturated carbocycles. The number of hydrogen-bond acceptors (Lipinski definition) is 7. The number of fused-ring (bicyclic) bond motifs is 2. The summed E-state index contributed by atoms with van der Waals surface area (Å²) in [5.74, 6) is -0.207. The molecule has 0 radical (unpaired) electrons. The Balaban J connectivity index is 1.25. The topological polar surface area (TPSA) is 148 Å². The number of rotatable bonds is 9. The average molecular weight is 603 g/mol. The van der Waals surface area contributed by atoms with Gasteiger partial charge in [0.1, 0.15) is 0 Å². The van der Waals surface area contributed by atoms with E-state index in [0.29, 0.717) is 56.0 Å². The van der Waals surface area contributed by atoms with Gasteiger partial charge in [-0.25, -0.2) is 9.48 Å². The van der Waals surface area contributed by atoms with Gasteiger partial charge in [-0.3, -0.25) is 19.6 Å². The summed E-state index contributed by atoms with van der Waals surface area (Å²) in [5, 5.41) is 11.4. The van der Waals surface area contributed by atoms with E-state index in [0.717, 1.165) is 33.2 Å². The van der Waals surface area contributed by atoms with Gasteiger partial charge in [0, 0.05) is 61.4 Å². The van der Waals surface area contributed by atoms with Crippen molar-refractivity contribution in [3.05, 3.63) is 107 Å². The van der Waals surface area contributed by atoms with Gasteiger partial charge in [0.25, 0.3) is 5.56 Å². The molecule has 0 bridgehead atoms. The Bertz CT molecular complexity index is 1890. The number of anilines is 1. The summed E-state index contributed by atoms with van der Waals surface area (Å²) in [6.45, 7) is 3.53. The second-order valence-electron chi connectivity index (χ2n) is 11.1. The highest BCUT2D eigenvalue weighted by Crippen LogP contribution is 2.29. The van der Waals surface area contributed by atoms with Crippen molar-refractivity contribution in [3.8, 4) is 22.4 Å². The summed E-state index contributed by atoms with van der Waals surface area (Å²) >= 11 is 0. The van der Waals surface area contributed by atoms with Gasteiger partial charge in [-0.2, -0.15) is 5.10 Å². The third-order valence-corrected chi connectivity index (χ3v) is 7.87. The fraction of sp³-hybridized carbons (Fsp3) is 0.235. The van der Waals surface area contributed by atoms with E-state index in [9.17, 15) is 14.4 Å². The normalized spacial score (nSPS) is 13.0. The minimum absolute atomic E-state index is 0.186. The van der Waals surface area contributed by atoms with Gasteiger partial charge >= 0.3 is 6.03 Å². The van der Waals surface area contributed by atoms with Crippen molar-refractivity contribution >= 4 is 28.5 Å². The number of aromatic nitrogens is 4. The van der Waals surface area contributed by atoms with Gasteiger partial charge in [-0.1, -0.05) is 30.3 Å². The largest absolute Gasteiger partial charge is 0.355 e. The monoisotopic (exact) mass is 602 g/mol. The molecule has 1 atom stereocenters. The zero-order valence-corrected chi connectivity index (χ0v) is 24.9. The zero-order valence-electron chi connectivity index (χ0n) is 24.9. The minimum atomic E-state index is -0.571. The number of aryl methyl sites for hydroxylation is 1. The molecule has 5 aromatic rings. The van der Waals surface area contributed by atoms with E-state index in [1.54, 1.807) is 30.4 Å². The van der Waals surface area contributed by atoms with Crippen LogP contribution in [0.2, 0.25) is 0 Å². The van der Waals surface area contributed by atoms with Gasteiger partial charge in [0.15, 0.2) is 0 Å². The molecule has 6 rings (SSSR count). The molecule has 45 heavy (non-hydrogen) atoms. The number of nitrogens with two attached hydrogens (primary N) is 1. The molecule has 4 heterocycles. The lowest BCUT2D eigenvalue weighted by Gasteiger charge is -2.17. The summed E-state index contributed by atoms with van der Waals surface area (Å²) in [7, 11) is 0. The molecule has 0 unspecified atom stereocenters. The van der Waals surface area contributed by atoms with E-state index in [4.69, 9.17) is 10.8 Å². The highest BCUT2D eigenvalue weighted by molar-refractivity contribution is 5.95. The molecule has 1 aliphatic rings. The van der Waals surface area contributed by atoms with Gasteiger partial charge in [-0.15, -0.1) is 0 Å². The van der Waals surface area contributed by atoms with Crippen LogP contribution in [0.4, 0.5) is 10.5 Å². The summed E-state index contributed by atoms with van der Waals surface area (Å²) < 4.78 is 1.49. The van der Waals surface area contributed by atoms with Crippen molar-refractivity contribution in [1.82, 2.24) is 30.0 Å². The molecular weight excluding hydrogens is 568 g/mol. The number of nitrogens with one attached hydrogen (secondary N) is 2. The SMILES string of the molecule is C[C@H](N)C(=O)NCCCCn1nc(-c2ccc(NC(=O)N3Cc4ccncc4C3)cc2)cc(-c2cccc3ncccc23)c1=O. The number of benzene rings is 2. The Morgan fingerprint density at radius 2 is 1.78 bits per heavy atom. The first-order chi connectivity index (χ1) is 21.9. The average Bonchev–Trinajstić information content (AvgIpc) is 3.50. The summed E-state index contributed by atoms with van der Waals surface area (Å²) in [5.41, 5.74) is 11.7. The summed E-state index contributed by atoms with van der Waals surface area (Å²) in [4.78, 5) is 48.9. The number of nitrogens with zero attached hydrogens (tertiary/aromatic N) is 5. The van der Waals surface area contributed by atoms with Crippen LogP contribution in [0.15, 0.2) is 90.1 Å². The molecule has 4 N–H and O–H groups in total. The minimum Gasteiger partial charge on any atom is -0.355 e. The predicted octanol–water partition coefficient (Wildman–Crippen LogP) is 4.31. The number of carbonyl (C=O) groups excluding carboxylic acids is 2. The van der Waals surface area contributed by atoms with Crippen LogP contribution < -0.4 is 21.9 Å². The van der Waals surface area contributed by atoms with Crippen LogP contribution in [-0.2, 0) is 24.4 Å². The van der Waals surface area contributed by atoms with Crippen molar-refractivity contribution in [1.29, 1.82) is 0 Å². The van der Waals surface area contributed by atoms with E-state index in [1.165, 1.54) is 4.68 Å². The van der Waals surface area contributed by atoms with E-state index in [1.807, 2.05) is 66.7 Å². The van der Waals surface area contributed by atoms with Gasteiger partial charge in [0.2, 0.25) is 5.91 Å². The van der Waals surface area contributed by atoms with Crippen LogP contribution in [0.5, 0.6) is 0 Å². The molecule has 2 aromatic carbocycles. The van der Waals surface area contributed by atoms with E-state index in [2.05, 4.69) is 20.6 Å². The third kappa shape index (κ3) is 6.58. The number of carbonyl (C=O) groups is 2. The van der Waals surface area contributed by atoms with Crippen LogP contribution in [-0.4, -0.2) is 49.2 Å². The Labute approximate surface area is 260 Å². The molecule has 1 aliphatic heterocycles. The third-order valence-electron chi connectivity index (χ3n) is 7.87. The molecule has 0 spiro atoms. The molecule has 0 fully saturated rings. The lowest BCUT2D eigenvalue weighted by atomic mass is 10.00. The first-order valence-electron chi connectivity index (χ1n) is 14.9. The lowest BCUT2D eigenvalue weighted by Crippen LogP contribution is -2.38. The predicted molar refractivity (Wildman–Crippen MR) is 173 cm³/mol. The fourth-order valence-corrected chi connectivity index (χ4v) is 5.41. The van der Waals surface area contributed by atoms with Crippen molar-refractivity contribution in [3.63, 3.8) is 0 Å². The molecule has 11 nitrogen and oxygen atoms in total. The number of urea groups is 1. The van der Waals surface area contributed by atoms with Crippen LogP contribution in [0, 0.1) is 0 Å². The van der Waals surface area contributed by atoms with E-state index < -0.39 is 6.04 Å². The second kappa shape index (κ2) is 13.1. The Morgan fingerprint density at radius 3 is 2.58 bits per heavy atom. The first kappa shape index (κ1) is 29.6. The lowest BCUT2D eigenvalue weighted by molar-refractivity contribution is -0.121. The van der Waals surface area contributed by atoms with Gasteiger partial charge in [-0.05, 0) is 72.9 Å². The van der Waals surface area contributed by atoms with Crippen LogP contribution in [0.3, 0.4) is 0 Å². The van der Waals surface area contributed by atoms with Crippen LogP contribution >= 0.6 is 0 Å². The first-order valence-corrected chi connectivity index (χ1v) is 14.9. The van der Waals surface area contributed by atoms with E-state index in [-0.39, 0.29) is 17.5 Å². The standard InChI is InChI=1S/C34H34N8O3/c1-22(35)32(43)38-14-2-3-17-42-33(44)29(27-6-4-8-30-28(27)7-5-15-37-30)18-31(40-42)23-9-11-26(12-10-23)39-34(45)41-20-24-13-16-36-19-25(24)21-41/h4-13,15-16,18-19,22H,2-3,14,17,20-21,35H2,1H3,(H,38,43)(H,39,45)/t22-/m0/s1. The highest BCUT2D eigenvalue weighted by Gasteiger charge is 2.23. The van der Waals surface area contributed by atoms with Crippen LogP contribution in [0.1, 0.15) is 30.9 Å². The molecule has 0 saturated heterocycles.